The van der Waals surface area contributed by atoms with E-state index in [4.69, 9.17) is 11.6 Å². The van der Waals surface area contributed by atoms with Crippen LogP contribution in [-0.2, 0) is 22.9 Å². The number of hydrogen-bond acceptors (Lipinski definition) is 7. The predicted octanol–water partition coefficient (Wildman–Crippen LogP) is 4.65. The Morgan fingerprint density at radius 3 is 2.59 bits per heavy atom. The molecule has 1 atom stereocenters. The van der Waals surface area contributed by atoms with Gasteiger partial charge in [-0.25, -0.2) is 9.37 Å². The maximum atomic E-state index is 16.0. The number of piperidine rings is 1. The minimum absolute atomic E-state index is 0.0123. The number of hydrogen-bond donors (Lipinski definition) is 2. The largest absolute Gasteiger partial charge is 0.505 e. The number of anilines is 1. The fourth-order valence-corrected chi connectivity index (χ4v) is 6.54. The van der Waals surface area contributed by atoms with Gasteiger partial charge in [0.2, 0.25) is 16.4 Å². The van der Waals surface area contributed by atoms with Gasteiger partial charge in [-0.3, -0.25) is 14.4 Å². The van der Waals surface area contributed by atoms with E-state index in [-0.39, 0.29) is 76.3 Å². The lowest BCUT2D eigenvalue weighted by Gasteiger charge is -2.39. The number of rotatable bonds is 4. The van der Waals surface area contributed by atoms with E-state index >= 15 is 4.39 Å². The molecule has 6 rings (SSSR count). The summed E-state index contributed by atoms with van der Waals surface area (Å²) in [5.41, 5.74) is -2.75. The van der Waals surface area contributed by atoms with Crippen LogP contribution in [0.1, 0.15) is 52.7 Å². The molecule has 1 saturated heterocycles. The molecule has 4 aromatic rings. The summed E-state index contributed by atoms with van der Waals surface area (Å²) in [5.74, 6) is -1.65. The van der Waals surface area contributed by atoms with Crippen LogP contribution in [0.3, 0.4) is 0 Å². The van der Waals surface area contributed by atoms with Crippen LogP contribution in [-0.4, -0.2) is 59.1 Å². The van der Waals surface area contributed by atoms with Crippen LogP contribution in [0, 0.1) is 0 Å². The van der Waals surface area contributed by atoms with Crippen LogP contribution in [0.4, 0.5) is 23.2 Å². The van der Waals surface area contributed by atoms with Crippen LogP contribution >= 0.6 is 27.5 Å². The average Bonchev–Trinajstić information content (AvgIpc) is 3.49. The Kier molecular flexibility index (Phi) is 7.39. The van der Waals surface area contributed by atoms with Gasteiger partial charge in [0.25, 0.3) is 11.5 Å². The average molecular weight is 699 g/mol. The van der Waals surface area contributed by atoms with E-state index in [2.05, 4.69) is 36.3 Å². The summed E-state index contributed by atoms with van der Waals surface area (Å²) in [5, 5.41) is 16.2. The van der Waals surface area contributed by atoms with Gasteiger partial charge >= 0.3 is 6.18 Å². The molecule has 11 nitrogen and oxygen atoms in total. The van der Waals surface area contributed by atoms with Gasteiger partial charge in [0.05, 0.1) is 22.0 Å². The fraction of sp³-hybridized carbons (Fsp3) is 0.333. The molecule has 0 bridgehead atoms. The first-order chi connectivity index (χ1) is 20.8. The van der Waals surface area contributed by atoms with Crippen molar-refractivity contribution in [3.63, 3.8) is 0 Å². The summed E-state index contributed by atoms with van der Waals surface area (Å²) in [6.07, 6.45) is -4.60. The number of carbonyl (C=O) groups excluding carboxylic acids is 2. The molecule has 1 spiro atoms. The van der Waals surface area contributed by atoms with Crippen LogP contribution in [0.25, 0.3) is 5.78 Å². The van der Waals surface area contributed by atoms with Crippen molar-refractivity contribution in [1.29, 1.82) is 0 Å². The summed E-state index contributed by atoms with van der Waals surface area (Å²) in [6, 6.07) is 5.28. The molecule has 1 aromatic carbocycles. The van der Waals surface area contributed by atoms with Gasteiger partial charge in [0.15, 0.2) is 5.69 Å². The van der Waals surface area contributed by atoms with Gasteiger partial charge in [-0.05, 0) is 65.5 Å². The van der Waals surface area contributed by atoms with Crippen LogP contribution in [0.15, 0.2) is 46.1 Å². The number of alkyl halides is 4. The summed E-state index contributed by atoms with van der Waals surface area (Å²) in [4.78, 5) is 49.5. The van der Waals surface area contributed by atoms with E-state index < -0.39 is 47.2 Å². The highest BCUT2D eigenvalue weighted by Crippen LogP contribution is 2.51. The first-order valence-electron chi connectivity index (χ1n) is 13.2. The number of nitrogens with one attached hydrogen (secondary N) is 1. The van der Waals surface area contributed by atoms with Gasteiger partial charge in [-0.2, -0.15) is 22.7 Å². The third-order valence-corrected chi connectivity index (χ3v) is 8.67. The lowest BCUT2D eigenvalue weighted by Crippen LogP contribution is -2.46. The topological polar surface area (TPSA) is 135 Å². The maximum absolute atomic E-state index is 16.0. The molecule has 3 aromatic heterocycles. The van der Waals surface area contributed by atoms with Gasteiger partial charge in [-0.15, -0.1) is 5.10 Å². The molecule has 2 N–H and O–H groups in total. The zero-order valence-electron chi connectivity index (χ0n) is 22.4. The number of halogens is 6. The second kappa shape index (κ2) is 10.8. The van der Waals surface area contributed by atoms with Gasteiger partial charge in [-0.1, -0.05) is 11.6 Å². The molecule has 2 aliphatic rings. The Hall–Kier alpha value is -4.05. The van der Waals surface area contributed by atoms with Crippen molar-refractivity contribution in [1.82, 2.24) is 29.0 Å². The van der Waals surface area contributed by atoms with Gasteiger partial charge < -0.3 is 19.9 Å². The first kappa shape index (κ1) is 30.0. The molecule has 0 radical (unpaired) electrons. The number of carbonyl (C=O) groups is 2. The van der Waals surface area contributed by atoms with Gasteiger partial charge in [0, 0.05) is 30.3 Å². The molecule has 1 fully saturated rings. The minimum atomic E-state index is -4.63. The number of benzene rings is 1. The normalized spacial score (nSPS) is 17.7. The van der Waals surface area contributed by atoms with Crippen molar-refractivity contribution in [3.05, 3.63) is 79.2 Å². The Bertz CT molecular complexity index is 1890. The summed E-state index contributed by atoms with van der Waals surface area (Å²) in [7, 11) is 0. The van der Waals surface area contributed by atoms with Crippen molar-refractivity contribution >= 4 is 50.8 Å². The Balaban J connectivity index is 1.33. The number of nitrogens with zero attached hydrogens (tertiary/aromatic N) is 6. The van der Waals surface area contributed by atoms with Crippen molar-refractivity contribution in [2.45, 2.75) is 43.6 Å². The Morgan fingerprint density at radius 2 is 1.93 bits per heavy atom. The molecular formula is C27H21BrClF4N7O4. The van der Waals surface area contributed by atoms with Crippen molar-refractivity contribution < 1.29 is 32.3 Å². The fourth-order valence-electron chi connectivity index (χ4n) is 6.00. The number of aromatic hydroxyl groups is 1. The zero-order valence-corrected chi connectivity index (χ0v) is 24.7. The zero-order chi connectivity index (χ0) is 31.6. The number of pyridine rings is 1. The summed E-state index contributed by atoms with van der Waals surface area (Å²) >= 11 is 9.12. The molecular weight excluding hydrogens is 678 g/mol. The number of likely N-dealkylation sites (tertiary alicyclic amines) is 1. The first-order valence-corrected chi connectivity index (χ1v) is 14.4. The lowest BCUT2D eigenvalue weighted by atomic mass is 9.74. The van der Waals surface area contributed by atoms with E-state index in [0.717, 1.165) is 16.6 Å². The van der Waals surface area contributed by atoms with Crippen LogP contribution < -0.4 is 10.9 Å². The predicted molar refractivity (Wildman–Crippen MR) is 151 cm³/mol. The van der Waals surface area contributed by atoms with Crippen molar-refractivity contribution in [3.8, 4) is 5.75 Å². The van der Waals surface area contributed by atoms with Crippen LogP contribution in [0.5, 0.6) is 5.75 Å². The van der Waals surface area contributed by atoms with E-state index in [1.165, 1.54) is 27.8 Å². The summed E-state index contributed by atoms with van der Waals surface area (Å²) < 4.78 is 57.3. The molecule has 0 saturated carbocycles. The van der Waals surface area contributed by atoms with Crippen molar-refractivity contribution in [2.24, 2.45) is 0 Å². The molecule has 230 valence electrons. The number of aromatic nitrogens is 5. The van der Waals surface area contributed by atoms with Crippen molar-refractivity contribution in [2.75, 3.05) is 18.4 Å². The van der Waals surface area contributed by atoms with E-state index in [1.807, 2.05) is 0 Å². The third kappa shape index (κ3) is 5.08. The Morgan fingerprint density at radius 1 is 1.20 bits per heavy atom. The second-order valence-electron chi connectivity index (χ2n) is 10.6. The molecule has 2 amide bonds. The number of fused-ring (bicyclic) bond motifs is 3. The highest BCUT2D eigenvalue weighted by atomic mass is 79.9. The molecule has 17 heteroatoms. The molecule has 1 aliphatic heterocycles. The number of amides is 2. The van der Waals surface area contributed by atoms with E-state index in [9.17, 15) is 32.7 Å². The molecule has 4 heterocycles. The summed E-state index contributed by atoms with van der Waals surface area (Å²) in [6.45, 7) is -0.270. The monoisotopic (exact) mass is 697 g/mol. The quantitative estimate of drug-likeness (QED) is 0.297. The van der Waals surface area contributed by atoms with E-state index in [0.29, 0.717) is 6.07 Å². The smallest absolute Gasteiger partial charge is 0.416 e. The molecule has 1 unspecified atom stereocenters. The Labute approximate surface area is 258 Å². The standard InChI is InChI=1S/C27H21BrClF4N7O4/c28-24-36-25-39(12-18(42)35-16-4-3-13(10-14(16)29)27(31,32)33)21-15(30)11-26(19(21)22(43)40(25)37-24)5-8-38(9-6-26)23(44)20-17(41)2-1-7-34-20/h1-4,7,10,15,41H,5-6,8-9,11-12H2,(H,35,42). The molecule has 1 aliphatic carbocycles. The van der Waals surface area contributed by atoms with E-state index in [1.54, 1.807) is 0 Å². The highest BCUT2D eigenvalue weighted by molar-refractivity contribution is 9.10. The van der Waals surface area contributed by atoms with Crippen LogP contribution in [0.2, 0.25) is 5.02 Å². The maximum Gasteiger partial charge on any atom is 0.416 e. The highest BCUT2D eigenvalue weighted by Gasteiger charge is 2.51. The molecule has 44 heavy (non-hydrogen) atoms. The lowest BCUT2D eigenvalue weighted by molar-refractivity contribution is -0.137. The second-order valence-corrected chi connectivity index (χ2v) is 11.7. The third-order valence-electron chi connectivity index (χ3n) is 8.02. The minimum Gasteiger partial charge on any atom is -0.505 e. The van der Waals surface area contributed by atoms with Gasteiger partial charge in [0.1, 0.15) is 18.5 Å². The SMILES string of the molecule is O=C(Cn1c2c(c(=O)n3nc(Br)nc13)C1(CCN(C(=O)c3ncccc3O)CC1)CC2F)Nc1ccc(C(F)(F)F)cc1Cl.